The number of carbonyl (C=O) groups excluding carboxylic acids is 1. The van der Waals surface area contributed by atoms with Crippen LogP contribution in [0.5, 0.6) is 0 Å². The van der Waals surface area contributed by atoms with Crippen LogP contribution in [0.4, 0.5) is 0 Å². The number of sulfonamides is 1. The van der Waals surface area contributed by atoms with Gasteiger partial charge in [0.25, 0.3) is 0 Å². The molecule has 0 aliphatic rings. The second kappa shape index (κ2) is 10.4. The van der Waals surface area contributed by atoms with Crippen LogP contribution < -0.4 is 5.14 Å². The topological polar surface area (TPSA) is 121 Å². The van der Waals surface area contributed by atoms with Crippen molar-refractivity contribution in [3.8, 4) is 22.5 Å². The monoisotopic (exact) mass is 511 g/mol. The van der Waals surface area contributed by atoms with E-state index in [1.54, 1.807) is 42.9 Å². The van der Waals surface area contributed by atoms with Gasteiger partial charge in [0, 0.05) is 42.0 Å². The van der Waals surface area contributed by atoms with Crippen LogP contribution in [0, 0.1) is 0 Å². The molecule has 0 radical (unpaired) electrons. The third kappa shape index (κ3) is 5.63. The molecule has 0 fully saturated rings. The largest absolute Gasteiger partial charge is 0.337 e. The Morgan fingerprint density at radius 1 is 0.838 bits per heavy atom. The second-order valence-electron chi connectivity index (χ2n) is 8.74. The van der Waals surface area contributed by atoms with E-state index in [-0.39, 0.29) is 10.7 Å². The van der Waals surface area contributed by atoms with E-state index >= 15 is 0 Å². The van der Waals surface area contributed by atoms with Crippen molar-refractivity contribution >= 4 is 26.8 Å². The first-order chi connectivity index (χ1) is 17.9. The molecule has 0 aliphatic carbocycles. The highest BCUT2D eigenvalue weighted by atomic mass is 32.2. The van der Waals surface area contributed by atoms with Gasteiger partial charge in [-0.25, -0.2) is 28.5 Å². The molecule has 2 aromatic heterocycles. The average molecular weight is 512 g/mol. The van der Waals surface area contributed by atoms with Crippen LogP contribution in [0.25, 0.3) is 33.5 Å². The van der Waals surface area contributed by atoms with Crippen molar-refractivity contribution in [1.29, 1.82) is 0 Å². The zero-order valence-corrected chi connectivity index (χ0v) is 20.8. The highest BCUT2D eigenvalue weighted by Crippen LogP contribution is 2.31. The molecule has 37 heavy (non-hydrogen) atoms. The van der Waals surface area contributed by atoms with Crippen molar-refractivity contribution in [1.82, 2.24) is 19.5 Å². The number of carbonyl (C=O) groups is 1. The maximum absolute atomic E-state index is 12.9. The number of hydrogen-bond acceptors (Lipinski definition) is 6. The van der Waals surface area contributed by atoms with Gasteiger partial charge in [-0.05, 0) is 43.2 Å². The van der Waals surface area contributed by atoms with Gasteiger partial charge in [-0.2, -0.15) is 0 Å². The van der Waals surface area contributed by atoms with E-state index in [0.717, 1.165) is 24.9 Å². The molecule has 2 heterocycles. The maximum Gasteiger partial charge on any atom is 0.238 e. The SMILES string of the molecule is NS(=O)(=O)c1ccc(-c2nc3ccc(C(=O)CCCCn4ccnc4)cc3nc2-c2ccccc2)cc1. The summed E-state index contributed by atoms with van der Waals surface area (Å²) < 4.78 is 25.4. The Hall–Kier alpha value is -4.21. The predicted octanol–water partition coefficient (Wildman–Crippen LogP) is 4.86. The lowest BCUT2D eigenvalue weighted by Crippen LogP contribution is -2.11. The summed E-state index contributed by atoms with van der Waals surface area (Å²) in [5.74, 6) is 0.0678. The number of fused-ring (bicyclic) bond motifs is 1. The van der Waals surface area contributed by atoms with Crippen molar-refractivity contribution in [2.24, 2.45) is 5.14 Å². The molecule has 5 rings (SSSR count). The van der Waals surface area contributed by atoms with E-state index < -0.39 is 10.0 Å². The van der Waals surface area contributed by atoms with E-state index in [2.05, 4.69) is 4.98 Å². The fourth-order valence-corrected chi connectivity index (χ4v) is 4.69. The number of nitrogens with zero attached hydrogens (tertiary/aromatic N) is 4. The Labute approximate surface area is 214 Å². The van der Waals surface area contributed by atoms with Crippen molar-refractivity contribution in [3.63, 3.8) is 0 Å². The maximum atomic E-state index is 12.9. The van der Waals surface area contributed by atoms with Crippen molar-refractivity contribution in [2.45, 2.75) is 30.7 Å². The number of ketones is 1. The first-order valence-electron chi connectivity index (χ1n) is 11.9. The van der Waals surface area contributed by atoms with Gasteiger partial charge in [0.05, 0.1) is 33.6 Å². The van der Waals surface area contributed by atoms with Gasteiger partial charge in [0.2, 0.25) is 10.0 Å². The summed E-state index contributed by atoms with van der Waals surface area (Å²) in [6, 6.07) is 21.3. The summed E-state index contributed by atoms with van der Waals surface area (Å²) in [5, 5.41) is 5.25. The van der Waals surface area contributed by atoms with E-state index in [1.165, 1.54) is 12.1 Å². The molecule has 2 N–H and O–H groups in total. The summed E-state index contributed by atoms with van der Waals surface area (Å²) in [6.45, 7) is 0.831. The highest BCUT2D eigenvalue weighted by Gasteiger charge is 2.16. The molecular formula is C28H25N5O3S. The van der Waals surface area contributed by atoms with Crippen molar-refractivity contribution < 1.29 is 13.2 Å². The van der Waals surface area contributed by atoms with Gasteiger partial charge in [-0.1, -0.05) is 42.5 Å². The van der Waals surface area contributed by atoms with E-state index in [1.807, 2.05) is 41.1 Å². The fourth-order valence-electron chi connectivity index (χ4n) is 4.17. The molecule has 0 saturated carbocycles. The number of benzene rings is 3. The van der Waals surface area contributed by atoms with Crippen molar-refractivity contribution in [3.05, 3.63) is 97.1 Å². The van der Waals surface area contributed by atoms with E-state index in [9.17, 15) is 13.2 Å². The molecule has 0 aliphatic heterocycles. The molecule has 3 aromatic carbocycles. The zero-order valence-electron chi connectivity index (χ0n) is 20.0. The Kier molecular flexibility index (Phi) is 6.89. The number of rotatable bonds is 9. The normalized spacial score (nSPS) is 11.6. The molecule has 0 spiro atoms. The quantitative estimate of drug-likeness (QED) is 0.223. The molecule has 5 aromatic rings. The number of aryl methyl sites for hydroxylation is 1. The summed E-state index contributed by atoms with van der Waals surface area (Å²) in [7, 11) is -3.80. The minimum Gasteiger partial charge on any atom is -0.337 e. The van der Waals surface area contributed by atoms with Crippen molar-refractivity contribution in [2.75, 3.05) is 0 Å². The number of unbranched alkanes of at least 4 members (excludes halogenated alkanes) is 1. The number of nitrogens with two attached hydrogens (primary N) is 1. The Morgan fingerprint density at radius 2 is 1.54 bits per heavy atom. The van der Waals surface area contributed by atoms with E-state index in [4.69, 9.17) is 15.1 Å². The van der Waals surface area contributed by atoms with Gasteiger partial charge in [0.1, 0.15) is 0 Å². The van der Waals surface area contributed by atoms with Gasteiger partial charge in [0.15, 0.2) is 5.78 Å². The molecule has 0 bridgehead atoms. The smallest absolute Gasteiger partial charge is 0.238 e. The predicted molar refractivity (Wildman–Crippen MR) is 142 cm³/mol. The van der Waals surface area contributed by atoms with Crippen LogP contribution in [-0.2, 0) is 16.6 Å². The van der Waals surface area contributed by atoms with E-state index in [0.29, 0.717) is 40.0 Å². The van der Waals surface area contributed by atoms with Gasteiger partial charge in [-0.3, -0.25) is 4.79 Å². The Balaban J connectivity index is 1.46. The van der Waals surface area contributed by atoms with Crippen LogP contribution >= 0.6 is 0 Å². The van der Waals surface area contributed by atoms with Crippen LogP contribution in [0.15, 0.2) is 96.4 Å². The van der Waals surface area contributed by atoms with Crippen LogP contribution in [0.2, 0.25) is 0 Å². The molecule has 0 atom stereocenters. The highest BCUT2D eigenvalue weighted by molar-refractivity contribution is 7.89. The van der Waals surface area contributed by atoms with Gasteiger partial charge < -0.3 is 4.57 Å². The number of imidazole rings is 1. The van der Waals surface area contributed by atoms with Gasteiger partial charge in [-0.15, -0.1) is 0 Å². The second-order valence-corrected chi connectivity index (χ2v) is 10.3. The molecule has 0 unspecified atom stereocenters. The Morgan fingerprint density at radius 3 is 2.22 bits per heavy atom. The molecule has 9 heteroatoms. The van der Waals surface area contributed by atoms with Crippen LogP contribution in [-0.4, -0.2) is 33.7 Å². The van der Waals surface area contributed by atoms with Crippen LogP contribution in [0.3, 0.4) is 0 Å². The molecule has 0 amide bonds. The minimum absolute atomic E-state index is 0.0273. The molecule has 186 valence electrons. The Bertz CT molecular complexity index is 1650. The van der Waals surface area contributed by atoms with Crippen LogP contribution in [0.1, 0.15) is 29.6 Å². The molecule has 0 saturated heterocycles. The third-order valence-corrected chi connectivity index (χ3v) is 7.05. The lowest BCUT2D eigenvalue weighted by Gasteiger charge is -2.12. The lowest BCUT2D eigenvalue weighted by atomic mass is 10.0. The number of Topliss-reactive ketones (excluding diaryl/α,β-unsaturated/α-hetero) is 1. The number of primary sulfonamides is 1. The van der Waals surface area contributed by atoms with Gasteiger partial charge >= 0.3 is 0 Å². The lowest BCUT2D eigenvalue weighted by molar-refractivity contribution is 0.0979. The third-order valence-electron chi connectivity index (χ3n) is 6.12. The molecular weight excluding hydrogens is 486 g/mol. The first-order valence-corrected chi connectivity index (χ1v) is 13.4. The summed E-state index contributed by atoms with van der Waals surface area (Å²) in [6.07, 6.45) is 7.56. The zero-order chi connectivity index (χ0) is 25.8. The minimum atomic E-state index is -3.80. The number of aromatic nitrogens is 4. The average Bonchev–Trinajstić information content (AvgIpc) is 3.44. The summed E-state index contributed by atoms with van der Waals surface area (Å²) in [4.78, 5) is 26.7. The molecule has 8 nitrogen and oxygen atoms in total. The summed E-state index contributed by atoms with van der Waals surface area (Å²) in [5.41, 5.74) is 4.68. The standard InChI is InChI=1S/C28H25N5O3S/c29-37(35,36)23-12-9-21(10-13-23)28-27(20-6-2-1-3-7-20)32-25-18-22(11-14-24(25)31-28)26(34)8-4-5-16-33-17-15-30-19-33/h1-3,6-7,9-15,17-19H,4-5,8,16H2,(H2,29,35,36). The number of hydrogen-bond donors (Lipinski definition) is 1. The summed E-state index contributed by atoms with van der Waals surface area (Å²) >= 11 is 0. The first kappa shape index (κ1) is 24.5. The fraction of sp³-hybridized carbons (Fsp3) is 0.143.